The third kappa shape index (κ3) is 75.3. The highest BCUT2D eigenvalue weighted by molar-refractivity contribution is 7.47. The molecule has 0 aromatic heterocycles. The maximum atomic E-state index is 13.1. The average Bonchev–Trinajstić information content (AvgIpc) is 1.12. The fourth-order valence-corrected chi connectivity index (χ4v) is 13.5. The zero-order chi connectivity index (χ0) is 74.6. The summed E-state index contributed by atoms with van der Waals surface area (Å²) < 4.78 is 68.7. The van der Waals surface area contributed by atoms with E-state index in [1.54, 1.807) is 0 Å². The predicted octanol–water partition coefficient (Wildman–Crippen LogP) is 24.5. The van der Waals surface area contributed by atoms with Gasteiger partial charge in [0.25, 0.3) is 0 Å². The summed E-state index contributed by atoms with van der Waals surface area (Å²) in [7, 11) is -9.95. The molecule has 0 aliphatic rings. The molecule has 5 atom stereocenters. The Morgan fingerprint density at radius 2 is 0.480 bits per heavy atom. The van der Waals surface area contributed by atoms with E-state index in [1.807, 2.05) is 0 Å². The zero-order valence-corrected chi connectivity index (χ0v) is 67.3. The van der Waals surface area contributed by atoms with Crippen molar-refractivity contribution in [2.45, 2.75) is 418 Å². The smallest absolute Gasteiger partial charge is 0.462 e. The minimum absolute atomic E-state index is 0.0854. The molecule has 0 saturated carbocycles. The largest absolute Gasteiger partial charge is 0.472 e. The quantitative estimate of drug-likeness (QED) is 0.0169. The number of hydrogen-bond donors (Lipinski definition) is 3. The van der Waals surface area contributed by atoms with Gasteiger partial charge < -0.3 is 33.8 Å². The molecule has 3 N–H and O–H groups in total. The number of ether oxygens (including phenoxy) is 4. The summed E-state index contributed by atoms with van der Waals surface area (Å²) in [5, 5.41) is 10.7. The fourth-order valence-electron chi connectivity index (χ4n) is 11.9. The first-order valence-electron chi connectivity index (χ1n) is 41.9. The van der Waals surface area contributed by atoms with Crippen LogP contribution in [0.3, 0.4) is 0 Å². The van der Waals surface area contributed by atoms with Gasteiger partial charge in [0.15, 0.2) is 12.2 Å². The van der Waals surface area contributed by atoms with Crippen LogP contribution in [0, 0.1) is 0 Å². The second kappa shape index (κ2) is 76.2. The molecule has 2 unspecified atom stereocenters. The lowest BCUT2D eigenvalue weighted by Gasteiger charge is -2.21. The number of phosphoric ester groups is 2. The molecule has 0 aromatic carbocycles. The molecule has 0 aromatic rings. The lowest BCUT2D eigenvalue weighted by molar-refractivity contribution is -0.161. The number of esters is 4. The number of allylic oxidation sites excluding steroid dienone is 8. The number of hydrogen-bond acceptors (Lipinski definition) is 15. The molecular weight excluding hydrogens is 1330 g/mol. The molecule has 0 saturated heterocycles. The monoisotopic (exact) mass is 1490 g/mol. The molecule has 0 rings (SSSR count). The van der Waals surface area contributed by atoms with Crippen molar-refractivity contribution in [2.24, 2.45) is 0 Å². The molecule has 0 bridgehead atoms. The fraction of sp³-hybridized carbons (Fsp3) is 0.855. The third-order valence-corrected chi connectivity index (χ3v) is 20.2. The van der Waals surface area contributed by atoms with Gasteiger partial charge in [0.2, 0.25) is 0 Å². The molecule has 0 heterocycles. The molecule has 0 spiro atoms. The van der Waals surface area contributed by atoms with E-state index in [0.717, 1.165) is 135 Å². The molecular formula is C83H154O17P2. The van der Waals surface area contributed by atoms with Crippen LogP contribution in [0.15, 0.2) is 48.6 Å². The van der Waals surface area contributed by atoms with Crippen LogP contribution >= 0.6 is 15.6 Å². The van der Waals surface area contributed by atoms with Gasteiger partial charge in [-0.05, 0) is 89.9 Å². The van der Waals surface area contributed by atoms with E-state index >= 15 is 0 Å². The summed E-state index contributed by atoms with van der Waals surface area (Å²) in [6.07, 6.45) is 75.0. The van der Waals surface area contributed by atoms with Crippen LogP contribution in [0.5, 0.6) is 0 Å². The van der Waals surface area contributed by atoms with Gasteiger partial charge in [-0.3, -0.25) is 37.3 Å². The minimum Gasteiger partial charge on any atom is -0.462 e. The van der Waals surface area contributed by atoms with Crippen molar-refractivity contribution in [3.05, 3.63) is 48.6 Å². The average molecular weight is 1490 g/mol. The Hall–Kier alpha value is -2.98. The van der Waals surface area contributed by atoms with Crippen LogP contribution in [-0.2, 0) is 65.4 Å². The first-order chi connectivity index (χ1) is 49.7. The van der Waals surface area contributed by atoms with Crippen molar-refractivity contribution in [1.29, 1.82) is 0 Å². The lowest BCUT2D eigenvalue weighted by atomic mass is 10.0. The molecule has 102 heavy (non-hydrogen) atoms. The van der Waals surface area contributed by atoms with Crippen LogP contribution in [0.25, 0.3) is 0 Å². The Kier molecular flexibility index (Phi) is 74.0. The van der Waals surface area contributed by atoms with Crippen LogP contribution in [-0.4, -0.2) is 96.7 Å². The standard InChI is InChI=1S/C83H154O17P2/c1-5-9-13-17-21-25-29-33-37-38-42-46-50-54-58-62-66-70-83(88)100-79(74-94-81(86)68-64-60-56-52-48-44-40-35-31-27-23-19-15-11-7-3)76-98-102(91,92)96-72-77(84)71-95-101(89,90)97-75-78(99-82(87)69-65-61-57-53-49-45-41-36-32-28-24-20-16-12-8-4)73-93-80(85)67-63-59-55-51-47-43-39-34-30-26-22-18-14-10-6-2/h23-24,27-28,35-36,40-41,77-79,84H,5-22,25-26,29-34,37-39,42-76H2,1-4H3,(H,89,90)(H,91,92)/b27-23-,28-24-,40-35-,41-36-/t77-,78+,79+/m0/s1. The number of carbonyl (C=O) groups is 4. The van der Waals surface area contributed by atoms with Crippen molar-refractivity contribution >= 4 is 39.5 Å². The number of aliphatic hydroxyl groups excluding tert-OH is 1. The number of unbranched alkanes of at least 4 members (excludes halogenated alkanes) is 46. The third-order valence-electron chi connectivity index (χ3n) is 18.3. The van der Waals surface area contributed by atoms with E-state index < -0.39 is 97.5 Å². The Balaban J connectivity index is 5.33. The molecule has 0 aliphatic carbocycles. The Bertz CT molecular complexity index is 2120. The van der Waals surface area contributed by atoms with Gasteiger partial charge in [-0.1, -0.05) is 333 Å². The molecule has 19 heteroatoms. The first kappa shape index (κ1) is 99.0. The van der Waals surface area contributed by atoms with E-state index in [0.29, 0.717) is 25.7 Å². The van der Waals surface area contributed by atoms with Gasteiger partial charge in [-0.15, -0.1) is 0 Å². The number of carbonyl (C=O) groups excluding carboxylic acids is 4. The van der Waals surface area contributed by atoms with Crippen molar-refractivity contribution in [3.63, 3.8) is 0 Å². The highest BCUT2D eigenvalue weighted by Gasteiger charge is 2.30. The molecule has 17 nitrogen and oxygen atoms in total. The van der Waals surface area contributed by atoms with Gasteiger partial charge in [0.05, 0.1) is 26.4 Å². The van der Waals surface area contributed by atoms with Gasteiger partial charge in [-0.2, -0.15) is 0 Å². The number of phosphoric acid groups is 2. The predicted molar refractivity (Wildman–Crippen MR) is 418 cm³/mol. The van der Waals surface area contributed by atoms with Crippen molar-refractivity contribution in [3.8, 4) is 0 Å². The summed E-state index contributed by atoms with van der Waals surface area (Å²) in [6, 6.07) is 0. The first-order valence-corrected chi connectivity index (χ1v) is 44.9. The Morgan fingerprint density at radius 1 is 0.275 bits per heavy atom. The lowest BCUT2D eigenvalue weighted by Crippen LogP contribution is -2.30. The van der Waals surface area contributed by atoms with Crippen molar-refractivity contribution < 1.29 is 80.2 Å². The summed E-state index contributed by atoms with van der Waals surface area (Å²) in [6.45, 7) is 4.90. The molecule has 0 fully saturated rings. The van der Waals surface area contributed by atoms with E-state index in [2.05, 4.69) is 76.3 Å². The van der Waals surface area contributed by atoms with Crippen LogP contribution < -0.4 is 0 Å². The highest BCUT2D eigenvalue weighted by atomic mass is 31.2. The van der Waals surface area contributed by atoms with E-state index in [9.17, 15) is 43.2 Å². The van der Waals surface area contributed by atoms with Crippen molar-refractivity contribution in [2.75, 3.05) is 39.6 Å². The zero-order valence-electron chi connectivity index (χ0n) is 65.6. The van der Waals surface area contributed by atoms with Crippen molar-refractivity contribution in [1.82, 2.24) is 0 Å². The van der Waals surface area contributed by atoms with Crippen LogP contribution in [0.1, 0.15) is 400 Å². The molecule has 0 aliphatic heterocycles. The second-order valence-electron chi connectivity index (χ2n) is 28.4. The van der Waals surface area contributed by atoms with Crippen LogP contribution in [0.2, 0.25) is 0 Å². The summed E-state index contributed by atoms with van der Waals surface area (Å²) >= 11 is 0. The number of rotatable bonds is 80. The van der Waals surface area contributed by atoms with E-state index in [-0.39, 0.29) is 25.7 Å². The van der Waals surface area contributed by atoms with Crippen LogP contribution in [0.4, 0.5) is 0 Å². The number of aliphatic hydroxyl groups is 1. The van der Waals surface area contributed by atoms with Gasteiger partial charge in [-0.25, -0.2) is 9.13 Å². The SMILES string of the molecule is CCCCC/C=C\C/C=C\CCCCCCCC(=O)OC[C@H](COP(=O)(O)OC[C@@H](O)COP(=O)(O)OC[C@@H](COC(=O)CCCCCCCCCCCCCCCCC)OC(=O)CCCCCCC/C=C\C/C=C\CCCCC)OC(=O)CCCCCCCCCCCCCCCCCCC. The minimum atomic E-state index is -4.97. The maximum absolute atomic E-state index is 13.1. The highest BCUT2D eigenvalue weighted by Crippen LogP contribution is 2.45. The van der Waals surface area contributed by atoms with E-state index in [1.165, 1.54) is 186 Å². The topological polar surface area (TPSA) is 237 Å². The summed E-state index contributed by atoms with van der Waals surface area (Å²) in [5.41, 5.74) is 0. The summed E-state index contributed by atoms with van der Waals surface area (Å²) in [4.78, 5) is 73.1. The van der Waals surface area contributed by atoms with Gasteiger partial charge in [0.1, 0.15) is 19.3 Å². The van der Waals surface area contributed by atoms with E-state index in [4.69, 9.17) is 37.0 Å². The normalized spacial score (nSPS) is 14.1. The maximum Gasteiger partial charge on any atom is 0.472 e. The van der Waals surface area contributed by atoms with Gasteiger partial charge in [0, 0.05) is 25.7 Å². The molecule has 0 amide bonds. The summed E-state index contributed by atoms with van der Waals surface area (Å²) in [5.74, 6) is -2.16. The van der Waals surface area contributed by atoms with Gasteiger partial charge >= 0.3 is 39.5 Å². The Labute approximate surface area is 623 Å². The molecule has 0 radical (unpaired) electrons. The molecule has 598 valence electrons. The Morgan fingerprint density at radius 3 is 0.745 bits per heavy atom. The second-order valence-corrected chi connectivity index (χ2v) is 31.3.